The number of carbonyl (C=O) groups excluding carboxylic acids is 2. The van der Waals surface area contributed by atoms with Crippen molar-refractivity contribution in [1.29, 1.82) is 0 Å². The number of carbonyl (C=O) groups is 4. The molecule has 2 aliphatic rings. The van der Waals surface area contributed by atoms with Crippen LogP contribution in [0.25, 0.3) is 0 Å². The molecule has 0 aliphatic carbocycles. The molecule has 2 aromatic rings. The molecule has 0 saturated carbocycles. The van der Waals surface area contributed by atoms with Gasteiger partial charge in [-0.2, -0.15) is 0 Å². The fraction of sp³-hybridized carbons (Fsp3) is 0.512. The highest BCUT2D eigenvalue weighted by Gasteiger charge is 2.29. The lowest BCUT2D eigenvalue weighted by Crippen LogP contribution is -2.32. The minimum Gasteiger partial charge on any atom is -0.497 e. The van der Waals surface area contributed by atoms with Crippen molar-refractivity contribution in [1.82, 2.24) is 9.80 Å². The molecule has 0 radical (unpaired) electrons. The van der Waals surface area contributed by atoms with E-state index in [0.29, 0.717) is 44.5 Å². The van der Waals surface area contributed by atoms with E-state index in [1.54, 1.807) is 25.3 Å². The molecule has 0 aromatic heterocycles. The van der Waals surface area contributed by atoms with Crippen LogP contribution < -0.4 is 4.74 Å². The molecule has 0 bridgehead atoms. The van der Waals surface area contributed by atoms with Gasteiger partial charge in [-0.3, -0.25) is 19.2 Å². The molecule has 284 valence electrons. The molecule has 2 aromatic carbocycles. The SMILES string of the molecule is COc1cccc([C@H](O)/C=C/C2CCC(=O)N2CCCCCCC(=O)O)c1.O=C(O)CCCCCCN1C(=O)CCC1/C=C/[C@@H](O)c1ccccc1. The minimum atomic E-state index is -0.760. The van der Waals surface area contributed by atoms with Crippen molar-refractivity contribution in [2.45, 2.75) is 114 Å². The number of aliphatic carboxylic acids is 2. The normalized spacial score (nSPS) is 18.5. The van der Waals surface area contributed by atoms with E-state index in [0.717, 1.165) is 62.5 Å². The van der Waals surface area contributed by atoms with Gasteiger partial charge in [0.15, 0.2) is 0 Å². The standard InChI is InChI=1S/C21H29NO5.C20H27NO4/c1-27-18-8-6-7-16(15-18)19(23)12-10-17-11-13-20(24)22(17)14-5-3-2-4-9-21(25)26;22-18(16-8-4-3-5-9-16)13-11-17-12-14-19(23)21(17)15-7-2-1-6-10-20(24)25/h6-8,10,12,15,17,19,23H,2-5,9,11,13-14H2,1H3,(H,25,26);3-5,8-9,11,13,17-18,22H,1-2,6-7,10,12,14-15H2,(H,24,25)/b12-10+;13-11+/t17?,19-;17?,18-/m11/s1. The number of unbranched alkanes of at least 4 members (excludes halogenated alkanes) is 6. The Kier molecular flexibility index (Phi) is 18.7. The third-order valence-electron chi connectivity index (χ3n) is 9.44. The zero-order chi connectivity index (χ0) is 37.7. The number of carboxylic acid groups (broad SMARTS) is 2. The highest BCUT2D eigenvalue weighted by Crippen LogP contribution is 2.25. The van der Waals surface area contributed by atoms with Gasteiger partial charge in [-0.05, 0) is 61.8 Å². The molecule has 2 saturated heterocycles. The largest absolute Gasteiger partial charge is 0.497 e. The Balaban J connectivity index is 0.000000281. The number of hydrogen-bond donors (Lipinski definition) is 4. The lowest BCUT2D eigenvalue weighted by molar-refractivity contribution is -0.138. The summed E-state index contributed by atoms with van der Waals surface area (Å²) in [6.45, 7) is 1.37. The highest BCUT2D eigenvalue weighted by atomic mass is 16.5. The second-order valence-corrected chi connectivity index (χ2v) is 13.3. The lowest BCUT2D eigenvalue weighted by Gasteiger charge is -2.22. The minimum absolute atomic E-state index is 0.0109. The van der Waals surface area contributed by atoms with E-state index in [-0.39, 0.29) is 36.7 Å². The summed E-state index contributed by atoms with van der Waals surface area (Å²) < 4.78 is 5.18. The molecule has 2 fully saturated rings. The van der Waals surface area contributed by atoms with Crippen LogP contribution in [0.5, 0.6) is 5.75 Å². The zero-order valence-electron chi connectivity index (χ0n) is 30.4. The number of hydrogen-bond acceptors (Lipinski definition) is 7. The van der Waals surface area contributed by atoms with Gasteiger partial charge in [-0.1, -0.05) is 92.5 Å². The number of benzene rings is 2. The number of nitrogens with zero attached hydrogens (tertiary/aromatic N) is 2. The molecule has 52 heavy (non-hydrogen) atoms. The number of amides is 2. The van der Waals surface area contributed by atoms with Gasteiger partial charge in [0.25, 0.3) is 0 Å². The van der Waals surface area contributed by atoms with Crippen LogP contribution in [-0.2, 0) is 19.2 Å². The molecule has 4 rings (SSSR count). The molecule has 4 N–H and O–H groups in total. The fourth-order valence-electron chi connectivity index (χ4n) is 6.48. The van der Waals surface area contributed by atoms with Crippen molar-refractivity contribution >= 4 is 23.8 Å². The van der Waals surface area contributed by atoms with Crippen LogP contribution in [0, 0.1) is 0 Å². The summed E-state index contributed by atoms with van der Waals surface area (Å²) in [5.74, 6) is -0.512. The summed E-state index contributed by atoms with van der Waals surface area (Å²) in [6.07, 6.45) is 15.7. The molecule has 2 heterocycles. The first-order valence-electron chi connectivity index (χ1n) is 18.5. The Bertz CT molecular complexity index is 1460. The Labute approximate surface area is 307 Å². The van der Waals surface area contributed by atoms with Gasteiger partial charge < -0.3 is 35.0 Å². The second-order valence-electron chi connectivity index (χ2n) is 13.3. The van der Waals surface area contributed by atoms with Crippen LogP contribution in [0.3, 0.4) is 0 Å². The van der Waals surface area contributed by atoms with Crippen molar-refractivity contribution in [2.75, 3.05) is 20.2 Å². The number of aliphatic hydroxyl groups is 2. The van der Waals surface area contributed by atoms with Crippen molar-refractivity contribution in [3.05, 3.63) is 90.0 Å². The molecule has 4 atom stereocenters. The van der Waals surface area contributed by atoms with Gasteiger partial charge in [0.05, 0.1) is 31.4 Å². The van der Waals surface area contributed by atoms with Crippen LogP contribution >= 0.6 is 0 Å². The Morgan fingerprint density at radius 2 is 1.15 bits per heavy atom. The smallest absolute Gasteiger partial charge is 0.303 e. The number of methoxy groups -OCH3 is 1. The predicted octanol–water partition coefficient (Wildman–Crippen LogP) is 6.61. The first kappa shape index (κ1) is 41.9. The van der Waals surface area contributed by atoms with Crippen molar-refractivity contribution in [3.8, 4) is 5.75 Å². The summed E-state index contributed by atoms with van der Waals surface area (Å²) in [7, 11) is 1.59. The fourth-order valence-corrected chi connectivity index (χ4v) is 6.48. The van der Waals surface area contributed by atoms with Crippen molar-refractivity contribution in [2.24, 2.45) is 0 Å². The van der Waals surface area contributed by atoms with Gasteiger partial charge in [-0.25, -0.2) is 0 Å². The van der Waals surface area contributed by atoms with Gasteiger partial charge in [-0.15, -0.1) is 0 Å². The molecule has 2 amide bonds. The van der Waals surface area contributed by atoms with Crippen LogP contribution in [0.2, 0.25) is 0 Å². The first-order valence-corrected chi connectivity index (χ1v) is 18.5. The van der Waals surface area contributed by atoms with Gasteiger partial charge >= 0.3 is 11.9 Å². The quantitative estimate of drug-likeness (QED) is 0.0820. The lowest BCUT2D eigenvalue weighted by atomic mass is 10.1. The van der Waals surface area contributed by atoms with Crippen LogP contribution in [0.4, 0.5) is 0 Å². The number of likely N-dealkylation sites (tertiary alicyclic amines) is 2. The van der Waals surface area contributed by atoms with E-state index in [1.807, 2.05) is 70.5 Å². The Morgan fingerprint density at radius 3 is 1.63 bits per heavy atom. The van der Waals surface area contributed by atoms with E-state index in [9.17, 15) is 29.4 Å². The third-order valence-corrected chi connectivity index (χ3v) is 9.44. The van der Waals surface area contributed by atoms with Crippen molar-refractivity contribution in [3.63, 3.8) is 0 Å². The van der Waals surface area contributed by atoms with Gasteiger partial charge in [0, 0.05) is 38.8 Å². The summed E-state index contributed by atoms with van der Waals surface area (Å²) >= 11 is 0. The van der Waals surface area contributed by atoms with Gasteiger partial charge in [0.1, 0.15) is 5.75 Å². The molecule has 2 unspecified atom stereocenters. The second kappa shape index (κ2) is 23.2. The van der Waals surface area contributed by atoms with E-state index >= 15 is 0 Å². The summed E-state index contributed by atoms with van der Waals surface area (Å²) in [4.78, 5) is 48.9. The van der Waals surface area contributed by atoms with Crippen LogP contribution in [0.15, 0.2) is 78.9 Å². The van der Waals surface area contributed by atoms with E-state index in [2.05, 4.69) is 0 Å². The highest BCUT2D eigenvalue weighted by molar-refractivity contribution is 5.79. The van der Waals surface area contributed by atoms with Crippen molar-refractivity contribution < 1.29 is 44.3 Å². The first-order chi connectivity index (χ1) is 25.1. The summed E-state index contributed by atoms with van der Waals surface area (Å²) in [5.41, 5.74) is 1.59. The molecular weight excluding hydrogens is 664 g/mol. The average molecular weight is 721 g/mol. The molecule has 0 spiro atoms. The predicted molar refractivity (Wildman–Crippen MR) is 199 cm³/mol. The third kappa shape index (κ3) is 15.0. The van der Waals surface area contributed by atoms with Gasteiger partial charge in [0.2, 0.25) is 11.8 Å². The maximum absolute atomic E-state index is 12.1. The molecule has 11 nitrogen and oxygen atoms in total. The number of carboxylic acids is 2. The topological polar surface area (TPSA) is 165 Å². The molecule has 2 aliphatic heterocycles. The number of aliphatic hydroxyl groups excluding tert-OH is 2. The summed E-state index contributed by atoms with van der Waals surface area (Å²) in [5, 5.41) is 37.8. The van der Waals surface area contributed by atoms with Crippen LogP contribution in [0.1, 0.15) is 113 Å². The van der Waals surface area contributed by atoms with Crippen LogP contribution in [-0.4, -0.2) is 86.3 Å². The van der Waals surface area contributed by atoms with E-state index < -0.39 is 24.1 Å². The maximum atomic E-state index is 12.1. The molecule has 11 heteroatoms. The van der Waals surface area contributed by atoms with E-state index in [1.165, 1.54) is 0 Å². The number of ether oxygens (including phenoxy) is 1. The number of rotatable bonds is 21. The van der Waals surface area contributed by atoms with E-state index in [4.69, 9.17) is 14.9 Å². The molecular formula is C41H56N2O9. The maximum Gasteiger partial charge on any atom is 0.303 e. The monoisotopic (exact) mass is 720 g/mol. The average Bonchev–Trinajstić information content (AvgIpc) is 3.69. The summed E-state index contributed by atoms with van der Waals surface area (Å²) in [6, 6.07) is 16.8. The Morgan fingerprint density at radius 1 is 0.692 bits per heavy atom. The zero-order valence-corrected chi connectivity index (χ0v) is 30.4. The Hall–Kier alpha value is -4.48.